The Bertz CT molecular complexity index is 4100. The number of hydrogen-bond acceptors (Lipinski definition) is 26. The zero-order valence-electron chi connectivity index (χ0n) is 68.2. The number of phenolic OH excluding ortho intramolecular Hbond substituents is 2. The monoisotopic (exact) mass is 1760 g/mol. The molecule has 2 aromatic carbocycles. The molecule has 0 radical (unpaired) electrons. The molecule has 0 saturated carbocycles. The van der Waals surface area contributed by atoms with Crippen LogP contribution in [0, 0.1) is 17.2 Å². The summed E-state index contributed by atoms with van der Waals surface area (Å²) in [6.45, 7) is 5.05. The molecule has 0 unspecified atom stereocenters. The summed E-state index contributed by atoms with van der Waals surface area (Å²) in [6.07, 6.45) is -7.36. The Balaban J connectivity index is 1.93. The number of hydrogen-bond donors (Lipinski definition) is 26. The smallest absolute Gasteiger partial charge is 0.326 e. The van der Waals surface area contributed by atoms with Crippen LogP contribution in [-0.4, -0.2) is 298 Å². The highest BCUT2D eigenvalue weighted by molar-refractivity contribution is 7.98. The molecule has 28 N–H and O–H groups in total. The molecular weight excluding hydrogens is 1650 g/mol. The minimum absolute atomic E-state index is 0.00684. The number of aliphatic hydroxyl groups is 1. The molecule has 14 atom stereocenters. The van der Waals surface area contributed by atoms with Gasteiger partial charge < -0.3 is 137 Å². The molecule has 0 aliphatic carbocycles. The van der Waals surface area contributed by atoms with Crippen LogP contribution in [0.2, 0.25) is 0 Å². The lowest BCUT2D eigenvalue weighted by Crippen LogP contribution is -2.62. The van der Waals surface area contributed by atoms with E-state index in [9.17, 15) is 137 Å². The molecule has 123 heavy (non-hydrogen) atoms. The van der Waals surface area contributed by atoms with Crippen molar-refractivity contribution in [2.75, 3.05) is 38.2 Å². The second-order valence-corrected chi connectivity index (χ2v) is 30.3. The summed E-state index contributed by atoms with van der Waals surface area (Å²) in [6, 6.07) is -12.2. The van der Waals surface area contributed by atoms with E-state index >= 15 is 0 Å². The number of amides is 14. The van der Waals surface area contributed by atoms with Crippen LogP contribution in [0.1, 0.15) is 129 Å². The Labute approximate surface area is 708 Å². The molecule has 680 valence electrons. The summed E-state index contributed by atoms with van der Waals surface area (Å²) in [5, 5.41) is 128. The summed E-state index contributed by atoms with van der Waals surface area (Å²) in [4.78, 5) is 268. The van der Waals surface area contributed by atoms with Crippen molar-refractivity contribution in [2.24, 2.45) is 23.3 Å². The normalized spacial score (nSPS) is 15.4. The van der Waals surface area contributed by atoms with Crippen LogP contribution in [0.15, 0.2) is 48.5 Å². The van der Waals surface area contributed by atoms with Crippen LogP contribution in [0.25, 0.3) is 0 Å². The summed E-state index contributed by atoms with van der Waals surface area (Å²) < 4.78 is 0. The van der Waals surface area contributed by atoms with Gasteiger partial charge in [-0.2, -0.15) is 11.8 Å². The van der Waals surface area contributed by atoms with Crippen molar-refractivity contribution in [1.82, 2.24) is 79.3 Å². The average molecular weight is 1760 g/mol. The fourth-order valence-electron chi connectivity index (χ4n) is 12.2. The van der Waals surface area contributed by atoms with Crippen LogP contribution >= 0.6 is 11.8 Å². The van der Waals surface area contributed by atoms with Crippen LogP contribution in [0.3, 0.4) is 0 Å². The van der Waals surface area contributed by atoms with Gasteiger partial charge in [0.2, 0.25) is 82.7 Å². The largest absolute Gasteiger partial charge is 0.508 e. The molecule has 14 amide bonds. The summed E-state index contributed by atoms with van der Waals surface area (Å²) >= 11 is 1.21. The first-order chi connectivity index (χ1) is 57.7. The number of aliphatic hydroxyl groups excluding tert-OH is 1. The molecule has 2 aromatic rings. The number of likely N-dealkylation sites (tertiary alicyclic amines) is 1. The SMILES string of the molecule is CSCC[C@H](NC(=O)[C@H](Cc1ccc(O)cc1)NC(=O)[C@H](CCCNC(=N)N)NC(=O)[C@@H]1CCCN1C(=O)[C@H](CCC(=O)O)NC(=O)CN)C(=O)N[C@@H](CCC(=O)O)C(=O)N[C@H](C(=O)NCC(=O)N[C@@H](Cc1ccc(O)cc1)C(=O)N[C@H](C(=O)N[C@@H](CC(=O)O)C(=O)N[C@@H](CC(=O)O)C(=O)N[C@H](C(=O)N[C@@H](CCC(=O)O)C(=O)O)[C@@H](C)O)C(C)C)C(C)C. The predicted octanol–water partition coefficient (Wildman–Crippen LogP) is -6.90. The number of rotatable bonds is 55. The quantitative estimate of drug-likeness (QED) is 0.0166. The van der Waals surface area contributed by atoms with Crippen molar-refractivity contribution in [3.63, 3.8) is 0 Å². The molecule has 0 aromatic heterocycles. The first kappa shape index (κ1) is 104. The lowest BCUT2D eigenvalue weighted by Gasteiger charge is -2.30. The van der Waals surface area contributed by atoms with Gasteiger partial charge in [-0.25, -0.2) is 4.79 Å². The van der Waals surface area contributed by atoms with Gasteiger partial charge in [0.15, 0.2) is 5.96 Å². The standard InChI is InChI=1S/C75H110N18O29S/c1-35(2)59(70(117)80-34-53(98)82-47(29-38-11-15-40(95)16-12-38)67(114)91-60(36(3)4)71(118)89-49(31-57(105)106)66(113)88-50(32-58(107)108)68(115)92-61(37(5)94)72(119)86-46(74(121)122)21-24-56(103)104)90-64(111)43(19-22-54(99)100)83-63(110)44(25-28-123-6)84-65(112)48(30-39-13-17-41(96)18-14-39)87-62(109)42(9-7-26-79-75(77)78)85-69(116)51-10-8-27-93(51)73(120)45(20-23-55(101)102)81-52(97)33-76/h11-18,35-37,42-51,59-61,94-96H,7-10,19-34,76H2,1-6H3,(H,80,117)(H,81,97)(H,82,98)(H,83,110)(H,84,112)(H,85,116)(H,86,119)(H,87,109)(H,88,113)(H,89,118)(H,90,111)(H,91,114)(H,92,115)(H,99,100)(H,101,102)(H,103,104)(H,105,106)(H,107,108)(H,121,122)(H4,77,78,79)/t37-,42+,43+,44+,45+,46+,47+,48+,49+,50+,51+,59+,60+,61+/m1/s1. The number of nitrogens with two attached hydrogens (primary N) is 2. The number of carbonyl (C=O) groups is 20. The van der Waals surface area contributed by atoms with Gasteiger partial charge in [0.05, 0.1) is 32.0 Å². The van der Waals surface area contributed by atoms with Crippen molar-refractivity contribution >= 4 is 136 Å². The maximum Gasteiger partial charge on any atom is 0.326 e. The maximum absolute atomic E-state index is 14.8. The fourth-order valence-corrected chi connectivity index (χ4v) is 12.7. The molecular formula is C75H110N18O29S. The lowest BCUT2D eigenvalue weighted by molar-refractivity contribution is -0.145. The summed E-state index contributed by atoms with van der Waals surface area (Å²) in [5.41, 5.74) is 11.5. The first-order valence-corrected chi connectivity index (χ1v) is 40.2. The number of aromatic hydroxyl groups is 2. The maximum atomic E-state index is 14.8. The highest BCUT2D eigenvalue weighted by atomic mass is 32.2. The molecule has 1 aliphatic rings. The van der Waals surface area contributed by atoms with Crippen molar-refractivity contribution in [3.05, 3.63) is 59.7 Å². The molecule has 1 aliphatic heterocycles. The van der Waals surface area contributed by atoms with Gasteiger partial charge >= 0.3 is 35.8 Å². The fraction of sp³-hybridized carbons (Fsp3) is 0.560. The lowest BCUT2D eigenvalue weighted by atomic mass is 10.00. The number of nitrogens with one attached hydrogen (secondary N) is 15. The molecule has 3 rings (SSSR count). The highest BCUT2D eigenvalue weighted by Crippen LogP contribution is 2.22. The number of carboxylic acids is 6. The molecule has 48 heteroatoms. The summed E-state index contributed by atoms with van der Waals surface area (Å²) in [7, 11) is 0. The number of nitrogens with zero attached hydrogens (tertiary/aromatic N) is 1. The molecule has 0 bridgehead atoms. The van der Waals surface area contributed by atoms with Gasteiger partial charge in [-0.3, -0.25) is 96.5 Å². The molecule has 1 fully saturated rings. The van der Waals surface area contributed by atoms with E-state index in [2.05, 4.69) is 58.5 Å². The van der Waals surface area contributed by atoms with Crippen molar-refractivity contribution in [2.45, 2.75) is 216 Å². The van der Waals surface area contributed by atoms with E-state index in [1.54, 1.807) is 6.26 Å². The zero-order valence-corrected chi connectivity index (χ0v) is 69.0. The third-order valence-corrected chi connectivity index (χ3v) is 19.4. The summed E-state index contributed by atoms with van der Waals surface area (Å²) in [5.74, 6) is -27.8. The van der Waals surface area contributed by atoms with Crippen LogP contribution in [0.4, 0.5) is 0 Å². The second-order valence-electron chi connectivity index (χ2n) is 29.3. The molecule has 1 heterocycles. The topological polar surface area (TPSA) is 771 Å². The second kappa shape index (κ2) is 52.2. The number of benzene rings is 2. The number of phenols is 2. The van der Waals surface area contributed by atoms with E-state index in [1.807, 2.05) is 16.0 Å². The minimum atomic E-state index is -2.23. The average Bonchev–Trinajstić information content (AvgIpc) is 1.72. The third kappa shape index (κ3) is 37.7. The van der Waals surface area contributed by atoms with Crippen LogP contribution in [0.5, 0.6) is 11.5 Å². The minimum Gasteiger partial charge on any atom is -0.508 e. The van der Waals surface area contributed by atoms with Gasteiger partial charge in [0, 0.05) is 45.2 Å². The van der Waals surface area contributed by atoms with Gasteiger partial charge in [0.25, 0.3) is 0 Å². The zero-order chi connectivity index (χ0) is 92.7. The van der Waals surface area contributed by atoms with Gasteiger partial charge in [-0.05, 0) is 118 Å². The third-order valence-electron chi connectivity index (χ3n) is 18.7. The number of carbonyl (C=O) groups excluding carboxylic acids is 14. The van der Waals surface area contributed by atoms with Gasteiger partial charge in [-0.15, -0.1) is 0 Å². The molecule has 0 spiro atoms. The van der Waals surface area contributed by atoms with Crippen molar-refractivity contribution < 1.29 is 142 Å². The van der Waals surface area contributed by atoms with E-state index in [0.29, 0.717) is 5.56 Å². The van der Waals surface area contributed by atoms with E-state index in [4.69, 9.17) is 22.0 Å². The van der Waals surface area contributed by atoms with E-state index in [0.717, 1.165) is 11.8 Å². The number of aliphatic carboxylic acids is 6. The van der Waals surface area contributed by atoms with Crippen molar-refractivity contribution in [1.29, 1.82) is 5.41 Å². The van der Waals surface area contributed by atoms with Crippen LogP contribution < -0.4 is 85.9 Å². The van der Waals surface area contributed by atoms with Crippen LogP contribution in [-0.2, 0) is 109 Å². The van der Waals surface area contributed by atoms with E-state index in [-0.39, 0.29) is 80.9 Å². The Kier molecular flexibility index (Phi) is 44.2. The predicted molar refractivity (Wildman–Crippen MR) is 430 cm³/mol. The van der Waals surface area contributed by atoms with E-state index in [1.165, 1.54) is 88.0 Å². The van der Waals surface area contributed by atoms with Gasteiger partial charge in [-0.1, -0.05) is 52.0 Å². The number of carboxylic acid groups (broad SMARTS) is 6. The Morgan fingerprint density at radius 1 is 0.447 bits per heavy atom. The Morgan fingerprint density at radius 2 is 0.829 bits per heavy atom. The van der Waals surface area contributed by atoms with Crippen molar-refractivity contribution in [3.8, 4) is 11.5 Å². The number of thioether (sulfide) groups is 1. The Morgan fingerprint density at radius 3 is 1.29 bits per heavy atom. The molecule has 1 saturated heterocycles. The van der Waals surface area contributed by atoms with E-state index < -0.39 is 285 Å². The Hall–Kier alpha value is -13.0. The first-order valence-electron chi connectivity index (χ1n) is 38.8. The molecule has 47 nitrogen and oxygen atoms in total. The number of guanidine groups is 1. The highest BCUT2D eigenvalue weighted by Gasteiger charge is 2.42. The van der Waals surface area contributed by atoms with Gasteiger partial charge in [0.1, 0.15) is 90.0 Å².